The van der Waals surface area contributed by atoms with E-state index >= 15 is 17.6 Å². The molecule has 0 saturated carbocycles. The lowest BCUT2D eigenvalue weighted by Gasteiger charge is -2.35. The summed E-state index contributed by atoms with van der Waals surface area (Å²) < 4.78 is 74.4. The maximum Gasteiger partial charge on any atom is 0.127 e. The lowest BCUT2D eigenvalue weighted by molar-refractivity contribution is 0.482. The second kappa shape index (κ2) is 36.9. The Morgan fingerprint density at radius 3 is 0.611 bits per heavy atom. The molecule has 0 bridgehead atoms. The Kier molecular flexibility index (Phi) is 22.3. The topological polar surface area (TPSA) is 31.4 Å². The van der Waals surface area contributed by atoms with Crippen molar-refractivity contribution < 1.29 is 27.0 Å². The number of fused-ring (bicyclic) bond motifs is 16. The number of hydrogen-bond donors (Lipinski definition) is 0. The number of hydrogen-bond acceptors (Lipinski definition) is 6. The minimum atomic E-state index is -0.864. The van der Waals surface area contributed by atoms with Gasteiger partial charge in [0.25, 0.3) is 0 Å². The second-order valence-corrected chi connectivity index (χ2v) is 38.3. The van der Waals surface area contributed by atoms with E-state index in [2.05, 4.69) is 372 Å². The Hall–Kier alpha value is -19.2. The summed E-state index contributed by atoms with van der Waals surface area (Å²) in [4.78, 5) is 9.05. The van der Waals surface area contributed by atoms with Crippen LogP contribution in [0.2, 0.25) is 0 Å². The van der Waals surface area contributed by atoms with Crippen LogP contribution in [0.4, 0.5) is 85.8 Å². The summed E-state index contributed by atoms with van der Waals surface area (Å²) in [6, 6.07) is 177. The third-order valence-electron chi connectivity index (χ3n) is 30.3. The number of nitrogens with zero attached hydrogens (tertiary/aromatic N) is 4. The van der Waals surface area contributed by atoms with Crippen LogP contribution in [0.25, 0.3) is 78.9 Å². The Balaban J connectivity index is 0.526. The lowest BCUT2D eigenvalue weighted by atomic mass is 9.67. The zero-order valence-electron chi connectivity index (χ0n) is 80.8. The van der Waals surface area contributed by atoms with Gasteiger partial charge >= 0.3 is 0 Å². The molecule has 6 nitrogen and oxygen atoms in total. The van der Waals surface area contributed by atoms with Gasteiger partial charge in [-0.05, 0) is 387 Å². The zero-order chi connectivity index (χ0) is 100. The number of ether oxygens (including phenoxy) is 2. The third-order valence-corrected chi connectivity index (χ3v) is 30.3. The van der Waals surface area contributed by atoms with Crippen molar-refractivity contribution in [3.8, 4) is 89.8 Å². The van der Waals surface area contributed by atoms with Gasteiger partial charge in [-0.25, -0.2) is 17.6 Å². The summed E-state index contributed by atoms with van der Waals surface area (Å²) in [5, 5.41) is 0. The molecule has 708 valence electrons. The highest BCUT2D eigenvalue weighted by Crippen LogP contribution is 2.66. The standard InChI is InChI=1S/C139H92F4N4O2/c1-3-91-31-75-117(76-32-91)148-119-79-47-99(48-80-119)137(97-43-51-101(140)52-44-97)129-27-15-11-23-121(129)125-83-71-113(87-133(125)137)144(105-19-7-5-8-20-105)107-59-35-93(36-60-107)95-39-63-109(64-40-95)146(111-67-55-103(142)56-68-111)115-73-85-127-123-25-13-17-29-131(123)139(135(127)89-115)132-30-18-14-26-124(132)128-86-74-116(90-136(128)139)147(112-69-57-104(143)58-70-112)110-65-41-96(42-66-110)94-37-61-108(62-38-94)145(106-21-9-6-10-22-106)114-72-84-126-122-24-12-16-28-130(122)138(134(126)88-114,98-45-53-102(141)54-46-98)100-49-81-120(82-50-100)149-118-77-33-92(4-2)34-78-118/h3-90H,1-2H2. The Labute approximate surface area is 863 Å². The van der Waals surface area contributed by atoms with Crippen molar-refractivity contribution in [2.45, 2.75) is 16.2 Å². The minimum absolute atomic E-state index is 0.313. The summed E-state index contributed by atoms with van der Waals surface area (Å²) in [5.74, 6) is 1.49. The van der Waals surface area contributed by atoms with Gasteiger partial charge in [0.2, 0.25) is 0 Å². The van der Waals surface area contributed by atoms with Crippen LogP contribution in [0.15, 0.2) is 535 Å². The highest BCUT2D eigenvalue weighted by molar-refractivity contribution is 6.00. The molecule has 2 unspecified atom stereocenters. The molecular weight excluding hydrogens is 1830 g/mol. The van der Waals surface area contributed by atoms with Crippen LogP contribution < -0.4 is 29.1 Å². The second-order valence-electron chi connectivity index (χ2n) is 38.3. The van der Waals surface area contributed by atoms with Crippen LogP contribution >= 0.6 is 0 Å². The number of halogens is 4. The molecule has 10 heteroatoms. The number of rotatable bonds is 24. The molecule has 22 aromatic rings. The molecule has 0 heterocycles. The zero-order valence-corrected chi connectivity index (χ0v) is 80.8. The van der Waals surface area contributed by atoms with E-state index in [1.165, 1.54) is 24.3 Å². The fourth-order valence-electron chi connectivity index (χ4n) is 23.7. The van der Waals surface area contributed by atoms with Crippen LogP contribution in [0.3, 0.4) is 0 Å². The molecule has 4 aliphatic carbocycles. The van der Waals surface area contributed by atoms with Gasteiger partial charge in [-0.1, -0.05) is 304 Å². The molecule has 26 rings (SSSR count). The van der Waals surface area contributed by atoms with Gasteiger partial charge in [0.1, 0.15) is 46.3 Å². The van der Waals surface area contributed by atoms with E-state index in [4.69, 9.17) is 9.47 Å². The number of anilines is 12. The SMILES string of the molecule is C=Cc1ccc(Oc2ccc(C3(c4ccc(F)cc4)c4ccccc4-c4ccc(N(c5ccccc5)c5ccc(-c6ccc(N(c7ccc(F)cc7)c7ccc8c(c7)C7(c9ccccc9-8)c8ccccc8-c8ccc(N(c9ccc(F)cc9)c9ccc(-c%10ccc(N(c%11ccccc%11)c%11ccc%12c(c%11)C(c%11ccc(F)cc%11)(c%11ccc(Oc%13ccc(C=C)cc%13)cc%11)c%11ccccc%11-%12)cc%10)cc9)cc87)cc6)cc5)cc43)cc2)cc1. The van der Waals surface area contributed by atoms with Gasteiger partial charge in [-0.15, -0.1) is 0 Å². The van der Waals surface area contributed by atoms with Gasteiger partial charge in [0, 0.05) is 68.2 Å². The van der Waals surface area contributed by atoms with Crippen molar-refractivity contribution in [1.82, 2.24) is 0 Å². The molecule has 4 aliphatic rings. The van der Waals surface area contributed by atoms with Gasteiger partial charge < -0.3 is 29.1 Å². The summed E-state index contributed by atoms with van der Waals surface area (Å²) in [7, 11) is 0. The number of benzene rings is 22. The van der Waals surface area contributed by atoms with Crippen molar-refractivity contribution in [3.63, 3.8) is 0 Å². The smallest absolute Gasteiger partial charge is 0.127 e. The predicted molar refractivity (Wildman–Crippen MR) is 600 cm³/mol. The fourth-order valence-corrected chi connectivity index (χ4v) is 23.7. The molecule has 0 saturated heterocycles. The Morgan fingerprint density at radius 2 is 0.356 bits per heavy atom. The molecule has 2 atom stereocenters. The highest BCUT2D eigenvalue weighted by atomic mass is 19.1. The van der Waals surface area contributed by atoms with Crippen LogP contribution in [0.1, 0.15) is 77.9 Å². The summed E-state index contributed by atoms with van der Waals surface area (Å²) in [6.45, 7) is 7.85. The molecule has 149 heavy (non-hydrogen) atoms. The van der Waals surface area contributed by atoms with Crippen molar-refractivity contribution in [2.75, 3.05) is 19.6 Å². The summed E-state index contributed by atoms with van der Waals surface area (Å²) in [5.41, 5.74) is 35.7. The molecule has 0 radical (unpaired) electrons. The molecule has 0 aliphatic heterocycles. The predicted octanol–water partition coefficient (Wildman–Crippen LogP) is 37.4. The normalized spacial score (nSPS) is 14.8. The van der Waals surface area contributed by atoms with E-state index in [1.54, 1.807) is 24.3 Å². The molecule has 22 aromatic carbocycles. The molecule has 0 N–H and O–H groups in total. The van der Waals surface area contributed by atoms with Crippen LogP contribution in [-0.4, -0.2) is 0 Å². The maximum absolute atomic E-state index is 15.5. The molecule has 0 aromatic heterocycles. The van der Waals surface area contributed by atoms with E-state index in [9.17, 15) is 0 Å². The third kappa shape index (κ3) is 15.2. The van der Waals surface area contributed by atoms with Gasteiger partial charge in [0.05, 0.1) is 16.2 Å². The first-order chi connectivity index (χ1) is 73.3. The molecule has 1 spiro atoms. The lowest BCUT2D eigenvalue weighted by Crippen LogP contribution is -2.28. The Bertz CT molecular complexity index is 8380. The van der Waals surface area contributed by atoms with Gasteiger partial charge in [-0.3, -0.25) is 0 Å². The van der Waals surface area contributed by atoms with Crippen LogP contribution in [-0.2, 0) is 16.2 Å². The van der Waals surface area contributed by atoms with Crippen LogP contribution in [0.5, 0.6) is 23.0 Å². The van der Waals surface area contributed by atoms with E-state index in [0.717, 1.165) is 213 Å². The van der Waals surface area contributed by atoms with E-state index in [0.29, 0.717) is 23.0 Å². The Morgan fingerprint density at radius 1 is 0.168 bits per heavy atom. The van der Waals surface area contributed by atoms with E-state index in [-0.39, 0.29) is 23.3 Å². The monoisotopic (exact) mass is 1920 g/mol. The first-order valence-corrected chi connectivity index (χ1v) is 50.1. The highest BCUT2D eigenvalue weighted by Gasteiger charge is 2.54. The summed E-state index contributed by atoms with van der Waals surface area (Å²) >= 11 is 0. The molecule has 0 fully saturated rings. The molecule has 0 amide bonds. The van der Waals surface area contributed by atoms with Crippen molar-refractivity contribution in [1.29, 1.82) is 0 Å². The maximum atomic E-state index is 15.5. The first-order valence-electron chi connectivity index (χ1n) is 50.1. The van der Waals surface area contributed by atoms with Gasteiger partial charge in [-0.2, -0.15) is 0 Å². The molecular formula is C139H92F4N4O2. The summed E-state index contributed by atoms with van der Waals surface area (Å²) in [6.07, 6.45) is 3.62. The van der Waals surface area contributed by atoms with E-state index in [1.807, 2.05) is 146 Å². The minimum Gasteiger partial charge on any atom is -0.457 e. The van der Waals surface area contributed by atoms with Crippen molar-refractivity contribution in [2.24, 2.45) is 0 Å². The van der Waals surface area contributed by atoms with E-state index < -0.39 is 16.2 Å². The average Bonchev–Trinajstić information content (AvgIpc) is 1.50. The van der Waals surface area contributed by atoms with Crippen molar-refractivity contribution >= 4 is 80.4 Å². The fraction of sp³-hybridized carbons (Fsp3) is 0.0216. The average molecular weight is 1930 g/mol. The first kappa shape index (κ1) is 89.9. The van der Waals surface area contributed by atoms with Crippen molar-refractivity contribution in [3.05, 3.63) is 636 Å². The largest absolute Gasteiger partial charge is 0.457 e. The number of para-hydroxylation sites is 2. The van der Waals surface area contributed by atoms with Gasteiger partial charge in [0.15, 0.2) is 0 Å². The quantitative estimate of drug-likeness (QED) is 0.0561. The van der Waals surface area contributed by atoms with Crippen LogP contribution in [0, 0.1) is 23.3 Å².